The average Bonchev–Trinajstić information content (AvgIpc) is 2.61. The number of benzene rings is 2. The lowest BCUT2D eigenvalue weighted by atomic mass is 10.2. The van der Waals surface area contributed by atoms with Crippen LogP contribution in [0, 0.1) is 10.1 Å². The molecule has 25 heavy (non-hydrogen) atoms. The van der Waals surface area contributed by atoms with Crippen molar-refractivity contribution < 1.29 is 19.2 Å². The third kappa shape index (κ3) is 5.01. The zero-order valence-corrected chi connectivity index (χ0v) is 15.0. The van der Waals surface area contributed by atoms with Gasteiger partial charge in [0.2, 0.25) is 5.91 Å². The molecule has 2 rings (SSSR count). The molecular weight excluding hydrogens is 368 g/mol. The Morgan fingerprint density at radius 1 is 1.20 bits per heavy atom. The molecule has 2 aromatic carbocycles. The second-order valence-electron chi connectivity index (χ2n) is 4.77. The van der Waals surface area contributed by atoms with Gasteiger partial charge in [0.25, 0.3) is 5.69 Å². The highest BCUT2D eigenvalue weighted by Crippen LogP contribution is 2.36. The lowest BCUT2D eigenvalue weighted by molar-refractivity contribution is -0.384. The summed E-state index contributed by atoms with van der Waals surface area (Å²) in [7, 11) is 2.95. The lowest BCUT2D eigenvalue weighted by Crippen LogP contribution is -2.14. The summed E-state index contributed by atoms with van der Waals surface area (Å²) < 4.78 is 10.3. The van der Waals surface area contributed by atoms with Gasteiger partial charge in [0, 0.05) is 29.2 Å². The average molecular weight is 383 g/mol. The molecule has 0 radical (unpaired) electrons. The van der Waals surface area contributed by atoms with Crippen LogP contribution in [-0.2, 0) is 4.79 Å². The van der Waals surface area contributed by atoms with Crippen molar-refractivity contribution in [2.75, 3.05) is 25.3 Å². The zero-order valence-electron chi connectivity index (χ0n) is 13.4. The number of nitro benzene ring substituents is 1. The quantitative estimate of drug-likeness (QED) is 0.442. The first-order valence-corrected chi connectivity index (χ1v) is 8.39. The number of ether oxygens (including phenoxy) is 2. The van der Waals surface area contributed by atoms with E-state index in [2.05, 4.69) is 5.32 Å². The Morgan fingerprint density at radius 3 is 2.40 bits per heavy atom. The van der Waals surface area contributed by atoms with Gasteiger partial charge in [-0.2, -0.15) is 0 Å². The normalized spacial score (nSPS) is 10.2. The van der Waals surface area contributed by atoms with E-state index < -0.39 is 4.92 Å². The maximum Gasteiger partial charge on any atom is 0.269 e. The summed E-state index contributed by atoms with van der Waals surface area (Å²) in [6, 6.07) is 9.12. The van der Waals surface area contributed by atoms with E-state index >= 15 is 0 Å². The molecule has 0 aliphatic heterocycles. The topological polar surface area (TPSA) is 90.7 Å². The number of rotatable bonds is 7. The summed E-state index contributed by atoms with van der Waals surface area (Å²) in [6.45, 7) is 0. The number of carbonyl (C=O) groups is 1. The largest absolute Gasteiger partial charge is 0.495 e. The van der Waals surface area contributed by atoms with Crippen LogP contribution in [0.15, 0.2) is 41.3 Å². The summed E-state index contributed by atoms with van der Waals surface area (Å²) in [6.07, 6.45) is 0. The molecule has 7 nitrogen and oxygen atoms in total. The molecule has 0 fully saturated rings. The van der Waals surface area contributed by atoms with Crippen molar-refractivity contribution in [3.63, 3.8) is 0 Å². The molecule has 0 saturated heterocycles. The second kappa shape index (κ2) is 8.59. The fourth-order valence-corrected chi connectivity index (χ4v) is 2.89. The highest BCUT2D eigenvalue weighted by atomic mass is 35.5. The van der Waals surface area contributed by atoms with Crippen LogP contribution < -0.4 is 14.8 Å². The molecule has 0 heterocycles. The number of hydrogen-bond acceptors (Lipinski definition) is 6. The van der Waals surface area contributed by atoms with E-state index in [0.717, 1.165) is 4.90 Å². The maximum atomic E-state index is 12.1. The number of thioether (sulfide) groups is 1. The molecule has 0 aromatic heterocycles. The van der Waals surface area contributed by atoms with Gasteiger partial charge in [-0.15, -0.1) is 11.8 Å². The number of non-ortho nitro benzene ring substituents is 1. The Morgan fingerprint density at radius 2 is 1.84 bits per heavy atom. The fraction of sp³-hybridized carbons (Fsp3) is 0.188. The highest BCUT2D eigenvalue weighted by molar-refractivity contribution is 8.00. The Hall–Kier alpha value is -2.45. The molecule has 0 bridgehead atoms. The van der Waals surface area contributed by atoms with E-state index in [9.17, 15) is 14.9 Å². The molecule has 0 saturated carbocycles. The minimum absolute atomic E-state index is 0.00629. The standard InChI is InChI=1S/C16H15ClN2O5S/c1-23-14-8-13(15(24-2)7-12(14)17)18-16(20)9-25-11-5-3-10(4-6-11)19(21)22/h3-8H,9H2,1-2H3,(H,18,20). The number of hydrogen-bond donors (Lipinski definition) is 1. The Balaban J connectivity index is 2.01. The SMILES string of the molecule is COc1cc(NC(=O)CSc2ccc([N+](=O)[O-])cc2)c(OC)cc1Cl. The summed E-state index contributed by atoms with van der Waals surface area (Å²) in [4.78, 5) is 23.0. The first-order valence-electron chi connectivity index (χ1n) is 7.03. The van der Waals surface area contributed by atoms with Gasteiger partial charge in [0.15, 0.2) is 0 Å². The molecule has 0 aliphatic carbocycles. The monoisotopic (exact) mass is 382 g/mol. The number of amides is 1. The van der Waals surface area contributed by atoms with Crippen LogP contribution in [-0.4, -0.2) is 30.8 Å². The van der Waals surface area contributed by atoms with Crippen molar-refractivity contribution in [1.82, 2.24) is 0 Å². The number of methoxy groups -OCH3 is 2. The third-order valence-electron chi connectivity index (χ3n) is 3.17. The number of nitro groups is 1. The van der Waals surface area contributed by atoms with Crippen LogP contribution in [0.4, 0.5) is 11.4 Å². The van der Waals surface area contributed by atoms with E-state index in [1.165, 1.54) is 38.1 Å². The van der Waals surface area contributed by atoms with Gasteiger partial charge in [-0.3, -0.25) is 14.9 Å². The number of anilines is 1. The van der Waals surface area contributed by atoms with Crippen LogP contribution >= 0.6 is 23.4 Å². The Labute approximate surface area is 153 Å². The van der Waals surface area contributed by atoms with Crippen LogP contribution in [0.2, 0.25) is 5.02 Å². The molecule has 1 N–H and O–H groups in total. The Bertz CT molecular complexity index is 783. The predicted octanol–water partition coefficient (Wildman–Crippen LogP) is 4.00. The molecular formula is C16H15ClN2O5S. The van der Waals surface area contributed by atoms with Gasteiger partial charge in [-0.25, -0.2) is 0 Å². The molecule has 2 aromatic rings. The van der Waals surface area contributed by atoms with Crippen molar-refractivity contribution in [2.24, 2.45) is 0 Å². The second-order valence-corrected chi connectivity index (χ2v) is 6.23. The molecule has 0 aliphatic rings. The van der Waals surface area contributed by atoms with E-state index in [4.69, 9.17) is 21.1 Å². The van der Waals surface area contributed by atoms with Gasteiger partial charge in [-0.1, -0.05) is 11.6 Å². The van der Waals surface area contributed by atoms with Crippen LogP contribution in [0.3, 0.4) is 0 Å². The summed E-state index contributed by atoms with van der Waals surface area (Å²) >= 11 is 7.29. The molecule has 0 atom stereocenters. The first-order chi connectivity index (χ1) is 11.9. The number of nitrogens with one attached hydrogen (secondary N) is 1. The third-order valence-corrected chi connectivity index (χ3v) is 4.47. The molecule has 9 heteroatoms. The summed E-state index contributed by atoms with van der Waals surface area (Å²) in [5, 5.41) is 13.7. The van der Waals surface area contributed by atoms with Gasteiger partial charge in [0.05, 0.1) is 35.6 Å². The van der Waals surface area contributed by atoms with Gasteiger partial charge in [-0.05, 0) is 12.1 Å². The van der Waals surface area contributed by atoms with Gasteiger partial charge >= 0.3 is 0 Å². The number of halogens is 1. The van der Waals surface area contributed by atoms with Gasteiger partial charge in [0.1, 0.15) is 11.5 Å². The van der Waals surface area contributed by atoms with E-state index in [1.807, 2.05) is 0 Å². The van der Waals surface area contributed by atoms with Crippen molar-refractivity contribution in [2.45, 2.75) is 4.90 Å². The van der Waals surface area contributed by atoms with E-state index in [-0.39, 0.29) is 17.3 Å². The predicted molar refractivity (Wildman–Crippen MR) is 97.0 cm³/mol. The molecule has 0 spiro atoms. The minimum Gasteiger partial charge on any atom is -0.495 e. The van der Waals surface area contributed by atoms with Crippen LogP contribution in [0.5, 0.6) is 11.5 Å². The number of carbonyl (C=O) groups excluding carboxylic acids is 1. The summed E-state index contributed by atoms with van der Waals surface area (Å²) in [5.41, 5.74) is 0.449. The molecule has 0 unspecified atom stereocenters. The van der Waals surface area contributed by atoms with Crippen LogP contribution in [0.1, 0.15) is 0 Å². The van der Waals surface area contributed by atoms with E-state index in [0.29, 0.717) is 22.2 Å². The lowest BCUT2D eigenvalue weighted by Gasteiger charge is -2.13. The van der Waals surface area contributed by atoms with Crippen LogP contribution in [0.25, 0.3) is 0 Å². The van der Waals surface area contributed by atoms with Gasteiger partial charge < -0.3 is 14.8 Å². The van der Waals surface area contributed by atoms with Crippen molar-refractivity contribution in [1.29, 1.82) is 0 Å². The summed E-state index contributed by atoms with van der Waals surface area (Å²) in [5.74, 6) is 0.706. The highest BCUT2D eigenvalue weighted by Gasteiger charge is 2.13. The number of nitrogens with zero attached hydrogens (tertiary/aromatic N) is 1. The van der Waals surface area contributed by atoms with E-state index in [1.54, 1.807) is 24.3 Å². The van der Waals surface area contributed by atoms with Crippen molar-refractivity contribution in [3.8, 4) is 11.5 Å². The zero-order chi connectivity index (χ0) is 18.4. The smallest absolute Gasteiger partial charge is 0.269 e. The first kappa shape index (κ1) is 18.9. The molecule has 1 amide bonds. The minimum atomic E-state index is -0.471. The Kier molecular flexibility index (Phi) is 6.49. The maximum absolute atomic E-state index is 12.1. The fourth-order valence-electron chi connectivity index (χ4n) is 1.96. The van der Waals surface area contributed by atoms with Crippen molar-refractivity contribution >= 4 is 40.6 Å². The molecule has 132 valence electrons. The van der Waals surface area contributed by atoms with Crippen molar-refractivity contribution in [3.05, 3.63) is 51.5 Å².